The maximum atomic E-state index is 12.4. The lowest BCUT2D eigenvalue weighted by Crippen LogP contribution is -2.28. The smallest absolute Gasteiger partial charge is 0.267 e. The highest BCUT2D eigenvalue weighted by Gasteiger charge is 2.15. The number of nitrogens with one attached hydrogen (secondary N) is 1. The molecule has 2 aromatic heterocycles. The summed E-state index contributed by atoms with van der Waals surface area (Å²) in [5, 5.41) is 9.04. The van der Waals surface area contributed by atoms with Crippen LogP contribution in [-0.2, 0) is 6.54 Å². The summed E-state index contributed by atoms with van der Waals surface area (Å²) >= 11 is 0. The van der Waals surface area contributed by atoms with Crippen LogP contribution < -0.4 is 11.0 Å². The normalized spacial score (nSPS) is 11.0. The predicted octanol–water partition coefficient (Wildman–Crippen LogP) is 1.58. The Morgan fingerprint density at radius 3 is 2.62 bits per heavy atom. The van der Waals surface area contributed by atoms with Gasteiger partial charge in [-0.3, -0.25) is 14.6 Å². The van der Waals surface area contributed by atoms with Gasteiger partial charge in [0.1, 0.15) is 0 Å². The van der Waals surface area contributed by atoms with Crippen molar-refractivity contribution in [2.45, 2.75) is 13.5 Å². The van der Waals surface area contributed by atoms with E-state index in [1.807, 2.05) is 0 Å². The minimum Gasteiger partial charge on any atom is -0.267 e. The zero-order valence-electron chi connectivity index (χ0n) is 13.0. The minimum atomic E-state index is -0.473. The third-order valence-corrected chi connectivity index (χ3v) is 3.47. The number of amides is 1. The number of rotatable bonds is 4. The van der Waals surface area contributed by atoms with E-state index in [2.05, 4.69) is 20.6 Å². The molecule has 2 heterocycles. The van der Waals surface area contributed by atoms with Crippen molar-refractivity contribution in [2.24, 2.45) is 5.10 Å². The fourth-order valence-corrected chi connectivity index (χ4v) is 2.29. The van der Waals surface area contributed by atoms with Crippen LogP contribution in [0.1, 0.15) is 23.0 Å². The summed E-state index contributed by atoms with van der Waals surface area (Å²) in [7, 11) is 0. The number of pyridine rings is 1. The summed E-state index contributed by atoms with van der Waals surface area (Å²) in [5.74, 6) is -0.473. The second kappa shape index (κ2) is 6.82. The monoisotopic (exact) mass is 321 g/mol. The van der Waals surface area contributed by atoms with E-state index in [-0.39, 0.29) is 11.3 Å². The first-order chi connectivity index (χ1) is 11.7. The van der Waals surface area contributed by atoms with E-state index in [1.165, 1.54) is 10.9 Å². The van der Waals surface area contributed by atoms with E-state index in [0.717, 1.165) is 5.56 Å². The second-order valence-electron chi connectivity index (χ2n) is 4.99. The van der Waals surface area contributed by atoms with Gasteiger partial charge in [0, 0.05) is 24.3 Å². The minimum absolute atomic E-state index is 0.166. The molecule has 7 nitrogen and oxygen atoms in total. The Labute approximate surface area is 137 Å². The molecule has 24 heavy (non-hydrogen) atoms. The van der Waals surface area contributed by atoms with Gasteiger partial charge in [-0.1, -0.05) is 18.2 Å². The number of hydrogen-bond acceptors (Lipinski definition) is 5. The highest BCUT2D eigenvalue weighted by molar-refractivity contribution is 6.04. The third kappa shape index (κ3) is 3.05. The lowest BCUT2D eigenvalue weighted by atomic mass is 10.1. The van der Waals surface area contributed by atoms with E-state index in [4.69, 9.17) is 0 Å². The molecule has 0 saturated carbocycles. The standard InChI is InChI=1S/C17H15N5O2/c1-2-22-17(24)14-6-4-3-5-13(14)15(21-22)16(23)20-19-11-12-7-9-18-10-8-12/h3-11H,2H2,1H3,(H,20,23)/b19-11+. The number of aryl methyl sites for hydroxylation is 1. The lowest BCUT2D eigenvalue weighted by Gasteiger charge is -2.08. The Hall–Kier alpha value is -3.35. The molecular formula is C17H15N5O2. The number of hydrogen-bond donors (Lipinski definition) is 1. The molecule has 0 fully saturated rings. The van der Waals surface area contributed by atoms with E-state index in [0.29, 0.717) is 17.3 Å². The molecule has 0 aliphatic rings. The van der Waals surface area contributed by atoms with E-state index >= 15 is 0 Å². The number of benzene rings is 1. The maximum Gasteiger partial charge on any atom is 0.292 e. The van der Waals surface area contributed by atoms with Gasteiger partial charge in [0.05, 0.1) is 11.6 Å². The van der Waals surface area contributed by atoms with Crippen molar-refractivity contribution in [2.75, 3.05) is 0 Å². The van der Waals surface area contributed by atoms with Crippen LogP contribution in [0.4, 0.5) is 0 Å². The SMILES string of the molecule is CCn1nc(C(=O)N/N=C/c2ccncc2)c2ccccc2c1=O. The molecule has 0 bridgehead atoms. The number of aromatic nitrogens is 3. The maximum absolute atomic E-state index is 12.4. The van der Waals surface area contributed by atoms with Crippen LogP contribution in [0.5, 0.6) is 0 Å². The van der Waals surface area contributed by atoms with Gasteiger partial charge < -0.3 is 0 Å². The molecule has 1 amide bonds. The molecule has 3 aromatic rings. The van der Waals surface area contributed by atoms with Gasteiger partial charge in [-0.25, -0.2) is 10.1 Å². The van der Waals surface area contributed by atoms with Crippen LogP contribution in [0.25, 0.3) is 10.8 Å². The Morgan fingerprint density at radius 2 is 1.92 bits per heavy atom. The molecular weight excluding hydrogens is 306 g/mol. The molecule has 0 unspecified atom stereocenters. The highest BCUT2D eigenvalue weighted by atomic mass is 16.2. The van der Waals surface area contributed by atoms with Crippen LogP contribution in [0.15, 0.2) is 58.7 Å². The molecule has 120 valence electrons. The van der Waals surface area contributed by atoms with Crippen molar-refractivity contribution < 1.29 is 4.79 Å². The average molecular weight is 321 g/mol. The zero-order valence-corrected chi connectivity index (χ0v) is 13.0. The molecule has 1 N–H and O–H groups in total. The Morgan fingerprint density at radius 1 is 1.21 bits per heavy atom. The molecule has 3 rings (SSSR count). The highest BCUT2D eigenvalue weighted by Crippen LogP contribution is 2.13. The van der Waals surface area contributed by atoms with Crippen molar-refractivity contribution in [1.82, 2.24) is 20.2 Å². The van der Waals surface area contributed by atoms with Crippen molar-refractivity contribution >= 4 is 22.9 Å². The quantitative estimate of drug-likeness (QED) is 0.583. The van der Waals surface area contributed by atoms with Crippen LogP contribution in [0, 0.1) is 0 Å². The van der Waals surface area contributed by atoms with Gasteiger partial charge in [0.2, 0.25) is 0 Å². The fraction of sp³-hybridized carbons (Fsp3) is 0.118. The van der Waals surface area contributed by atoms with Crippen molar-refractivity contribution in [3.8, 4) is 0 Å². The number of hydrazone groups is 1. The summed E-state index contributed by atoms with van der Waals surface area (Å²) in [6.45, 7) is 2.18. The van der Waals surface area contributed by atoms with Crippen LogP contribution >= 0.6 is 0 Å². The first-order valence-electron chi connectivity index (χ1n) is 7.44. The largest absolute Gasteiger partial charge is 0.292 e. The third-order valence-electron chi connectivity index (χ3n) is 3.47. The predicted molar refractivity (Wildman–Crippen MR) is 91.0 cm³/mol. The lowest BCUT2D eigenvalue weighted by molar-refractivity contribution is 0.0949. The van der Waals surface area contributed by atoms with Gasteiger partial charge in [-0.15, -0.1) is 0 Å². The summed E-state index contributed by atoms with van der Waals surface area (Å²) in [6, 6.07) is 10.4. The van der Waals surface area contributed by atoms with E-state index in [9.17, 15) is 9.59 Å². The van der Waals surface area contributed by atoms with Crippen LogP contribution in [-0.4, -0.2) is 26.9 Å². The molecule has 1 aromatic carbocycles. The Balaban J connectivity index is 1.94. The molecule has 0 spiro atoms. The molecule has 0 saturated heterocycles. The van der Waals surface area contributed by atoms with Gasteiger partial charge >= 0.3 is 0 Å². The number of carbonyl (C=O) groups excluding carboxylic acids is 1. The van der Waals surface area contributed by atoms with Gasteiger partial charge in [-0.2, -0.15) is 10.2 Å². The Kier molecular flexibility index (Phi) is 4.42. The van der Waals surface area contributed by atoms with E-state index in [1.54, 1.807) is 55.7 Å². The zero-order chi connectivity index (χ0) is 16.9. The Bertz CT molecular complexity index is 964. The van der Waals surface area contributed by atoms with E-state index < -0.39 is 5.91 Å². The average Bonchev–Trinajstić information content (AvgIpc) is 2.63. The molecule has 0 radical (unpaired) electrons. The van der Waals surface area contributed by atoms with Crippen LogP contribution in [0.2, 0.25) is 0 Å². The topological polar surface area (TPSA) is 89.2 Å². The molecule has 7 heteroatoms. The van der Waals surface area contributed by atoms with Crippen molar-refractivity contribution in [1.29, 1.82) is 0 Å². The summed E-state index contributed by atoms with van der Waals surface area (Å²) in [5.41, 5.74) is 3.20. The van der Waals surface area contributed by atoms with Gasteiger partial charge in [0.25, 0.3) is 11.5 Å². The summed E-state index contributed by atoms with van der Waals surface area (Å²) < 4.78 is 1.27. The summed E-state index contributed by atoms with van der Waals surface area (Å²) in [6.07, 6.45) is 4.78. The first kappa shape index (κ1) is 15.5. The first-order valence-corrected chi connectivity index (χ1v) is 7.44. The fourth-order valence-electron chi connectivity index (χ4n) is 2.29. The second-order valence-corrected chi connectivity index (χ2v) is 4.99. The van der Waals surface area contributed by atoms with Crippen molar-refractivity contribution in [3.63, 3.8) is 0 Å². The van der Waals surface area contributed by atoms with Gasteiger partial charge in [-0.05, 0) is 30.7 Å². The molecule has 0 aliphatic heterocycles. The van der Waals surface area contributed by atoms with Gasteiger partial charge in [0.15, 0.2) is 5.69 Å². The number of carbonyl (C=O) groups is 1. The van der Waals surface area contributed by atoms with Crippen molar-refractivity contribution in [3.05, 3.63) is 70.4 Å². The molecule has 0 atom stereocenters. The number of fused-ring (bicyclic) bond motifs is 1. The number of nitrogens with zero attached hydrogens (tertiary/aromatic N) is 4. The molecule has 0 aliphatic carbocycles. The van der Waals surface area contributed by atoms with Crippen LogP contribution in [0.3, 0.4) is 0 Å². The summed E-state index contributed by atoms with van der Waals surface area (Å²) in [4.78, 5) is 28.6.